The number of benzene rings is 1. The number of carbonyl (C=O) groups is 1. The highest BCUT2D eigenvalue weighted by atomic mass is 16.5. The predicted molar refractivity (Wildman–Crippen MR) is 89.2 cm³/mol. The second-order valence-corrected chi connectivity index (χ2v) is 5.57. The number of hydrogen-bond donors (Lipinski definition) is 0. The average Bonchev–Trinajstić information content (AvgIpc) is 3.10. The Morgan fingerprint density at radius 2 is 1.87 bits per heavy atom. The number of piperazine rings is 1. The molecule has 1 aromatic carbocycles. The van der Waals surface area contributed by atoms with Gasteiger partial charge in [-0.3, -0.25) is 4.79 Å². The van der Waals surface area contributed by atoms with E-state index in [0.29, 0.717) is 18.8 Å². The maximum Gasteiger partial charge on any atom is 0.289 e. The Morgan fingerprint density at radius 3 is 2.52 bits per heavy atom. The summed E-state index contributed by atoms with van der Waals surface area (Å²) in [6.07, 6.45) is 0.800. The summed E-state index contributed by atoms with van der Waals surface area (Å²) >= 11 is 0. The van der Waals surface area contributed by atoms with Crippen molar-refractivity contribution in [3.05, 3.63) is 47.9 Å². The summed E-state index contributed by atoms with van der Waals surface area (Å²) in [6.45, 7) is 4.94. The summed E-state index contributed by atoms with van der Waals surface area (Å²) in [5.41, 5.74) is 1.08. The molecule has 1 aliphatic rings. The molecule has 2 heterocycles. The van der Waals surface area contributed by atoms with Crippen molar-refractivity contribution >= 4 is 11.6 Å². The highest BCUT2D eigenvalue weighted by molar-refractivity contribution is 5.91. The van der Waals surface area contributed by atoms with Crippen LogP contribution in [-0.2, 0) is 6.42 Å². The average molecular weight is 314 g/mol. The minimum absolute atomic E-state index is 0.0237. The summed E-state index contributed by atoms with van der Waals surface area (Å²) in [7, 11) is 1.68. The van der Waals surface area contributed by atoms with Crippen molar-refractivity contribution < 1.29 is 13.9 Å². The molecule has 0 saturated carbocycles. The van der Waals surface area contributed by atoms with E-state index in [1.54, 1.807) is 13.2 Å². The Labute approximate surface area is 136 Å². The van der Waals surface area contributed by atoms with Crippen molar-refractivity contribution in [3.8, 4) is 5.75 Å². The molecule has 0 atom stereocenters. The number of methoxy groups -OCH3 is 1. The van der Waals surface area contributed by atoms with Gasteiger partial charge < -0.3 is 19.0 Å². The lowest BCUT2D eigenvalue weighted by molar-refractivity contribution is 0.0713. The van der Waals surface area contributed by atoms with Gasteiger partial charge in [-0.2, -0.15) is 0 Å². The minimum atomic E-state index is -0.0237. The number of rotatable bonds is 4. The summed E-state index contributed by atoms with van der Waals surface area (Å²) < 4.78 is 11.0. The molecule has 3 rings (SSSR count). The molecular formula is C18H22N2O3. The second kappa shape index (κ2) is 6.77. The van der Waals surface area contributed by atoms with E-state index >= 15 is 0 Å². The number of ether oxygens (including phenoxy) is 1. The quantitative estimate of drug-likeness (QED) is 0.870. The summed E-state index contributed by atoms with van der Waals surface area (Å²) in [5, 5.41) is 0. The van der Waals surface area contributed by atoms with Crippen molar-refractivity contribution in [1.82, 2.24) is 4.90 Å². The fourth-order valence-corrected chi connectivity index (χ4v) is 2.88. The molecule has 1 fully saturated rings. The lowest BCUT2D eigenvalue weighted by Crippen LogP contribution is -2.48. The molecule has 0 aliphatic carbocycles. The van der Waals surface area contributed by atoms with E-state index in [1.165, 1.54) is 0 Å². The number of furan rings is 1. The molecule has 2 aromatic rings. The first kappa shape index (κ1) is 15.5. The van der Waals surface area contributed by atoms with Crippen molar-refractivity contribution in [2.45, 2.75) is 13.3 Å². The van der Waals surface area contributed by atoms with Crippen LogP contribution in [0.25, 0.3) is 0 Å². The van der Waals surface area contributed by atoms with Crippen molar-refractivity contribution in [2.75, 3.05) is 38.2 Å². The van der Waals surface area contributed by atoms with E-state index in [2.05, 4.69) is 11.0 Å². The molecule has 5 nitrogen and oxygen atoms in total. The zero-order valence-corrected chi connectivity index (χ0v) is 13.6. The maximum absolute atomic E-state index is 12.5. The first-order valence-corrected chi connectivity index (χ1v) is 7.99. The summed E-state index contributed by atoms with van der Waals surface area (Å²) in [6, 6.07) is 11.6. The van der Waals surface area contributed by atoms with Crippen LogP contribution in [0.5, 0.6) is 5.75 Å². The monoisotopic (exact) mass is 314 g/mol. The number of carbonyl (C=O) groups excluding carboxylic acids is 1. The minimum Gasteiger partial charge on any atom is -0.495 e. The Hall–Kier alpha value is -2.43. The molecule has 1 saturated heterocycles. The van der Waals surface area contributed by atoms with Crippen LogP contribution in [0.1, 0.15) is 23.2 Å². The number of amides is 1. The third-order valence-electron chi connectivity index (χ3n) is 4.21. The molecule has 0 unspecified atom stereocenters. The molecule has 122 valence electrons. The van der Waals surface area contributed by atoms with Gasteiger partial charge in [-0.25, -0.2) is 0 Å². The zero-order chi connectivity index (χ0) is 16.2. The first-order chi connectivity index (χ1) is 11.2. The largest absolute Gasteiger partial charge is 0.495 e. The highest BCUT2D eigenvalue weighted by Crippen LogP contribution is 2.28. The number of anilines is 1. The van der Waals surface area contributed by atoms with Gasteiger partial charge in [-0.1, -0.05) is 19.1 Å². The van der Waals surface area contributed by atoms with E-state index in [4.69, 9.17) is 9.15 Å². The molecule has 0 radical (unpaired) electrons. The molecule has 1 aliphatic heterocycles. The van der Waals surface area contributed by atoms with Gasteiger partial charge in [0.1, 0.15) is 11.5 Å². The Bertz CT molecular complexity index is 672. The van der Waals surface area contributed by atoms with Crippen LogP contribution in [0, 0.1) is 0 Å². The van der Waals surface area contributed by atoms with Crippen LogP contribution in [0.2, 0.25) is 0 Å². The van der Waals surface area contributed by atoms with Crippen molar-refractivity contribution in [3.63, 3.8) is 0 Å². The normalized spacial score (nSPS) is 14.9. The van der Waals surface area contributed by atoms with Gasteiger partial charge in [0.15, 0.2) is 5.76 Å². The third-order valence-corrected chi connectivity index (χ3v) is 4.21. The van der Waals surface area contributed by atoms with E-state index < -0.39 is 0 Å². The van der Waals surface area contributed by atoms with Crippen LogP contribution in [0.4, 0.5) is 5.69 Å². The first-order valence-electron chi connectivity index (χ1n) is 7.99. The van der Waals surface area contributed by atoms with Crippen LogP contribution < -0.4 is 9.64 Å². The lowest BCUT2D eigenvalue weighted by Gasteiger charge is -2.36. The smallest absolute Gasteiger partial charge is 0.289 e. The highest BCUT2D eigenvalue weighted by Gasteiger charge is 2.25. The summed E-state index contributed by atoms with van der Waals surface area (Å²) in [4.78, 5) is 16.6. The van der Waals surface area contributed by atoms with E-state index in [1.807, 2.05) is 36.1 Å². The molecule has 0 spiro atoms. The molecule has 23 heavy (non-hydrogen) atoms. The van der Waals surface area contributed by atoms with Crippen molar-refractivity contribution in [2.24, 2.45) is 0 Å². The molecule has 1 amide bonds. The molecule has 0 N–H and O–H groups in total. The van der Waals surface area contributed by atoms with E-state index in [0.717, 1.165) is 36.7 Å². The third kappa shape index (κ3) is 3.18. The van der Waals surface area contributed by atoms with Crippen molar-refractivity contribution in [1.29, 1.82) is 0 Å². The molecular weight excluding hydrogens is 292 g/mol. The number of hydrogen-bond acceptors (Lipinski definition) is 4. The van der Waals surface area contributed by atoms with Gasteiger partial charge in [-0.05, 0) is 24.3 Å². The predicted octanol–water partition coefficient (Wildman–Crippen LogP) is 2.81. The van der Waals surface area contributed by atoms with Crippen LogP contribution in [0.15, 0.2) is 40.8 Å². The maximum atomic E-state index is 12.5. The lowest BCUT2D eigenvalue weighted by atomic mass is 10.2. The molecule has 0 bridgehead atoms. The van der Waals surface area contributed by atoms with Gasteiger partial charge in [0, 0.05) is 32.6 Å². The van der Waals surface area contributed by atoms with Gasteiger partial charge in [0.2, 0.25) is 0 Å². The number of aryl methyl sites for hydroxylation is 1. The molecule has 1 aromatic heterocycles. The SMILES string of the molecule is CCc1ccc(C(=O)N2CCN(c3ccccc3OC)CC2)o1. The Kier molecular flexibility index (Phi) is 4.55. The zero-order valence-electron chi connectivity index (χ0n) is 13.6. The van der Waals surface area contributed by atoms with Gasteiger partial charge in [0.25, 0.3) is 5.91 Å². The fraction of sp³-hybridized carbons (Fsp3) is 0.389. The van der Waals surface area contributed by atoms with Crippen LogP contribution in [0.3, 0.4) is 0 Å². The van der Waals surface area contributed by atoms with E-state index in [9.17, 15) is 4.79 Å². The molecule has 5 heteroatoms. The van der Waals surface area contributed by atoms with E-state index in [-0.39, 0.29) is 5.91 Å². The van der Waals surface area contributed by atoms with Crippen LogP contribution >= 0.6 is 0 Å². The van der Waals surface area contributed by atoms with Gasteiger partial charge in [0.05, 0.1) is 12.8 Å². The standard InChI is InChI=1S/C18H22N2O3/c1-3-14-8-9-17(23-14)18(21)20-12-10-19(11-13-20)15-6-4-5-7-16(15)22-2/h4-9H,3,10-13H2,1-2H3. The summed E-state index contributed by atoms with van der Waals surface area (Å²) in [5.74, 6) is 2.13. The fourth-order valence-electron chi connectivity index (χ4n) is 2.88. The number of nitrogens with zero attached hydrogens (tertiary/aromatic N) is 2. The van der Waals surface area contributed by atoms with Gasteiger partial charge >= 0.3 is 0 Å². The van der Waals surface area contributed by atoms with Gasteiger partial charge in [-0.15, -0.1) is 0 Å². The second-order valence-electron chi connectivity index (χ2n) is 5.57. The Balaban J connectivity index is 1.65. The van der Waals surface area contributed by atoms with Crippen LogP contribution in [-0.4, -0.2) is 44.1 Å². The Morgan fingerprint density at radius 1 is 1.13 bits per heavy atom. The number of para-hydroxylation sites is 2. The topological polar surface area (TPSA) is 45.9 Å².